The molecule has 138 valence electrons. The van der Waals surface area contributed by atoms with E-state index in [1.807, 2.05) is 66.7 Å². The minimum Gasteiger partial charge on any atom is -0.399 e. The first kappa shape index (κ1) is 18.5. The summed E-state index contributed by atoms with van der Waals surface area (Å²) >= 11 is 0. The molecule has 0 aromatic heterocycles. The van der Waals surface area contributed by atoms with Crippen LogP contribution >= 0.6 is 0 Å². The summed E-state index contributed by atoms with van der Waals surface area (Å²) in [5.41, 5.74) is 10.0. The third kappa shape index (κ3) is 4.47. The standard InChI is InChI=1S/C23H25N3O/c1-23(2,3)17-9-13-19(14-10-17)25-22(27)26(20-7-5-4-6-8-20)21-15-11-18(24)12-16-21/h4-16H,24H2,1-3H3,(H,25,27). The molecule has 0 aliphatic carbocycles. The van der Waals surface area contributed by atoms with Crippen molar-refractivity contribution in [3.8, 4) is 0 Å². The van der Waals surface area contributed by atoms with Crippen LogP contribution in [0.4, 0.5) is 27.5 Å². The molecule has 0 spiro atoms. The number of hydrogen-bond donors (Lipinski definition) is 2. The maximum Gasteiger partial charge on any atom is 0.330 e. The summed E-state index contributed by atoms with van der Waals surface area (Å²) in [7, 11) is 0. The first-order valence-electron chi connectivity index (χ1n) is 8.97. The lowest BCUT2D eigenvalue weighted by Gasteiger charge is -2.24. The van der Waals surface area contributed by atoms with Gasteiger partial charge in [0, 0.05) is 11.4 Å². The quantitative estimate of drug-likeness (QED) is 0.569. The van der Waals surface area contributed by atoms with E-state index in [0.717, 1.165) is 17.1 Å². The zero-order chi connectivity index (χ0) is 19.4. The molecule has 0 aliphatic heterocycles. The van der Waals surface area contributed by atoms with Gasteiger partial charge in [0.15, 0.2) is 0 Å². The minimum atomic E-state index is -0.227. The SMILES string of the molecule is CC(C)(C)c1ccc(NC(=O)N(c2ccccc2)c2ccc(N)cc2)cc1. The van der Waals surface area contributed by atoms with Crippen molar-refractivity contribution in [2.45, 2.75) is 26.2 Å². The highest BCUT2D eigenvalue weighted by Crippen LogP contribution is 2.28. The van der Waals surface area contributed by atoms with Crippen LogP contribution in [-0.2, 0) is 5.41 Å². The molecule has 3 aromatic carbocycles. The van der Waals surface area contributed by atoms with Crippen molar-refractivity contribution < 1.29 is 4.79 Å². The summed E-state index contributed by atoms with van der Waals surface area (Å²) in [6.07, 6.45) is 0. The first-order chi connectivity index (χ1) is 12.8. The Labute approximate surface area is 160 Å². The highest BCUT2D eigenvalue weighted by atomic mass is 16.2. The van der Waals surface area contributed by atoms with E-state index in [9.17, 15) is 4.79 Å². The fourth-order valence-corrected chi connectivity index (χ4v) is 2.82. The summed E-state index contributed by atoms with van der Waals surface area (Å²) in [6, 6.07) is 24.5. The zero-order valence-corrected chi connectivity index (χ0v) is 15.9. The van der Waals surface area contributed by atoms with Gasteiger partial charge in [-0.15, -0.1) is 0 Å². The van der Waals surface area contributed by atoms with Gasteiger partial charge in [0.25, 0.3) is 0 Å². The van der Waals surface area contributed by atoms with E-state index in [0.29, 0.717) is 5.69 Å². The molecule has 4 nitrogen and oxygen atoms in total. The molecule has 0 aliphatic rings. The van der Waals surface area contributed by atoms with Crippen LogP contribution < -0.4 is 16.0 Å². The topological polar surface area (TPSA) is 58.4 Å². The number of anilines is 4. The molecule has 3 rings (SSSR count). The van der Waals surface area contributed by atoms with Crippen LogP contribution in [0.2, 0.25) is 0 Å². The van der Waals surface area contributed by atoms with Crippen LogP contribution in [0.1, 0.15) is 26.3 Å². The molecule has 3 aromatic rings. The van der Waals surface area contributed by atoms with Crippen LogP contribution in [0.15, 0.2) is 78.9 Å². The molecule has 0 saturated carbocycles. The number of nitrogens with two attached hydrogens (primary N) is 1. The highest BCUT2D eigenvalue weighted by Gasteiger charge is 2.19. The summed E-state index contributed by atoms with van der Waals surface area (Å²) in [5.74, 6) is 0. The number of nitrogen functional groups attached to an aromatic ring is 1. The Kier molecular flexibility index (Phi) is 5.17. The molecular formula is C23H25N3O. The summed E-state index contributed by atoms with van der Waals surface area (Å²) in [6.45, 7) is 6.50. The largest absolute Gasteiger partial charge is 0.399 e. The van der Waals surface area contributed by atoms with Crippen molar-refractivity contribution in [1.29, 1.82) is 0 Å². The summed E-state index contributed by atoms with van der Waals surface area (Å²) in [5, 5.41) is 2.99. The molecule has 0 unspecified atom stereocenters. The molecule has 27 heavy (non-hydrogen) atoms. The second kappa shape index (κ2) is 7.54. The number of benzene rings is 3. The van der Waals surface area contributed by atoms with Crippen molar-refractivity contribution in [3.05, 3.63) is 84.4 Å². The van der Waals surface area contributed by atoms with Gasteiger partial charge in [-0.1, -0.05) is 51.1 Å². The number of carbonyl (C=O) groups is 1. The predicted molar refractivity (Wildman–Crippen MR) is 114 cm³/mol. The van der Waals surface area contributed by atoms with Gasteiger partial charge >= 0.3 is 6.03 Å². The van der Waals surface area contributed by atoms with Crippen molar-refractivity contribution in [2.24, 2.45) is 0 Å². The van der Waals surface area contributed by atoms with Crippen molar-refractivity contribution in [3.63, 3.8) is 0 Å². The lowest BCUT2D eigenvalue weighted by atomic mass is 9.87. The normalized spacial score (nSPS) is 11.1. The number of nitrogens with zero attached hydrogens (tertiary/aromatic N) is 1. The fraction of sp³-hybridized carbons (Fsp3) is 0.174. The molecule has 0 atom stereocenters. The molecule has 0 bridgehead atoms. The van der Waals surface area contributed by atoms with E-state index in [1.165, 1.54) is 5.56 Å². The third-order valence-corrected chi connectivity index (χ3v) is 4.37. The molecule has 0 fully saturated rings. The maximum atomic E-state index is 13.1. The number of amides is 2. The third-order valence-electron chi connectivity index (χ3n) is 4.37. The van der Waals surface area contributed by atoms with Gasteiger partial charge in [-0.05, 0) is 59.5 Å². The number of carbonyl (C=O) groups excluding carboxylic acids is 1. The first-order valence-corrected chi connectivity index (χ1v) is 8.97. The van der Waals surface area contributed by atoms with E-state index in [-0.39, 0.29) is 11.4 Å². The monoisotopic (exact) mass is 359 g/mol. The Morgan fingerprint density at radius 3 is 1.93 bits per heavy atom. The lowest BCUT2D eigenvalue weighted by molar-refractivity contribution is 0.259. The molecular weight excluding hydrogens is 334 g/mol. The minimum absolute atomic E-state index is 0.0720. The number of rotatable bonds is 3. The molecule has 3 N–H and O–H groups in total. The molecule has 0 radical (unpaired) electrons. The average Bonchev–Trinajstić information content (AvgIpc) is 2.64. The Bertz CT molecular complexity index is 895. The van der Waals surface area contributed by atoms with Gasteiger partial charge < -0.3 is 11.1 Å². The zero-order valence-electron chi connectivity index (χ0n) is 15.9. The van der Waals surface area contributed by atoms with Gasteiger partial charge in [-0.3, -0.25) is 4.90 Å². The number of para-hydroxylation sites is 1. The number of nitrogens with one attached hydrogen (secondary N) is 1. The molecule has 2 amide bonds. The lowest BCUT2D eigenvalue weighted by Crippen LogP contribution is -2.30. The Balaban J connectivity index is 1.88. The van der Waals surface area contributed by atoms with Gasteiger partial charge in [0.2, 0.25) is 0 Å². The van der Waals surface area contributed by atoms with Crippen molar-refractivity contribution >= 4 is 28.8 Å². The second-order valence-electron chi connectivity index (χ2n) is 7.52. The van der Waals surface area contributed by atoms with Crippen LogP contribution in [-0.4, -0.2) is 6.03 Å². The van der Waals surface area contributed by atoms with Crippen molar-refractivity contribution in [1.82, 2.24) is 0 Å². The molecule has 0 saturated heterocycles. The molecule has 4 heteroatoms. The maximum absolute atomic E-state index is 13.1. The van der Waals surface area contributed by atoms with Gasteiger partial charge in [0.1, 0.15) is 0 Å². The van der Waals surface area contributed by atoms with E-state index in [4.69, 9.17) is 5.73 Å². The van der Waals surface area contributed by atoms with Gasteiger partial charge in [0.05, 0.1) is 11.4 Å². The van der Waals surface area contributed by atoms with Crippen molar-refractivity contribution in [2.75, 3.05) is 16.0 Å². The summed E-state index contributed by atoms with van der Waals surface area (Å²) < 4.78 is 0. The van der Waals surface area contributed by atoms with Gasteiger partial charge in [-0.2, -0.15) is 0 Å². The second-order valence-corrected chi connectivity index (χ2v) is 7.52. The Morgan fingerprint density at radius 2 is 1.37 bits per heavy atom. The van der Waals surface area contributed by atoms with Crippen LogP contribution in [0.25, 0.3) is 0 Å². The molecule has 0 heterocycles. The van der Waals surface area contributed by atoms with E-state index < -0.39 is 0 Å². The predicted octanol–water partition coefficient (Wildman–Crippen LogP) is 5.94. The summed E-state index contributed by atoms with van der Waals surface area (Å²) in [4.78, 5) is 14.7. The van der Waals surface area contributed by atoms with Crippen LogP contribution in [0.3, 0.4) is 0 Å². The van der Waals surface area contributed by atoms with Gasteiger partial charge in [-0.25, -0.2) is 4.79 Å². The Morgan fingerprint density at radius 1 is 0.815 bits per heavy atom. The van der Waals surface area contributed by atoms with E-state index in [1.54, 1.807) is 17.0 Å². The fourth-order valence-electron chi connectivity index (χ4n) is 2.82. The van der Waals surface area contributed by atoms with Crippen LogP contribution in [0.5, 0.6) is 0 Å². The van der Waals surface area contributed by atoms with Crippen LogP contribution in [0, 0.1) is 0 Å². The number of hydrogen-bond acceptors (Lipinski definition) is 2. The highest BCUT2D eigenvalue weighted by molar-refractivity contribution is 6.07. The van der Waals surface area contributed by atoms with E-state index in [2.05, 4.69) is 26.1 Å². The number of urea groups is 1. The van der Waals surface area contributed by atoms with E-state index >= 15 is 0 Å². The average molecular weight is 359 g/mol. The Hall–Kier alpha value is -3.27. The smallest absolute Gasteiger partial charge is 0.330 e.